The van der Waals surface area contributed by atoms with Crippen molar-refractivity contribution in [2.24, 2.45) is 0 Å². The largest absolute Gasteiger partial charge is 0.454 e. The van der Waals surface area contributed by atoms with E-state index in [0.29, 0.717) is 22.1 Å². The molecule has 1 saturated heterocycles. The summed E-state index contributed by atoms with van der Waals surface area (Å²) in [4.78, 5) is 2.05. The Labute approximate surface area is 127 Å². The molecule has 0 bridgehead atoms. The van der Waals surface area contributed by atoms with Crippen LogP contribution < -0.4 is 14.8 Å². The van der Waals surface area contributed by atoms with E-state index in [4.69, 9.17) is 21.1 Å². The lowest BCUT2D eigenvalue weighted by Gasteiger charge is -2.35. The molecule has 0 spiro atoms. The molecule has 2 aliphatic rings. The third-order valence-corrected chi connectivity index (χ3v) is 4.17. The topological polar surface area (TPSA) is 33.7 Å². The second-order valence-corrected chi connectivity index (χ2v) is 5.56. The van der Waals surface area contributed by atoms with Gasteiger partial charge in [0.05, 0.1) is 0 Å². The number of hydrogen-bond donors (Lipinski definition) is 1. The molecule has 3 rings (SSSR count). The minimum Gasteiger partial charge on any atom is -0.454 e. The average Bonchev–Trinajstić information content (AvgIpc) is 2.92. The van der Waals surface area contributed by atoms with Crippen molar-refractivity contribution in [1.29, 1.82) is 0 Å². The Morgan fingerprint density at radius 2 is 1.86 bits per heavy atom. The molecule has 0 unspecified atom stereocenters. The number of nitrogens with one attached hydrogen (secondary N) is 1. The molecular formula is C14H17ClF2N2O2. The normalized spacial score (nSPS) is 20.0. The van der Waals surface area contributed by atoms with Crippen LogP contribution in [0, 0.1) is 0 Å². The van der Waals surface area contributed by atoms with E-state index < -0.39 is 12.5 Å². The van der Waals surface area contributed by atoms with Gasteiger partial charge in [0.1, 0.15) is 0 Å². The van der Waals surface area contributed by atoms with E-state index in [9.17, 15) is 8.78 Å². The summed E-state index contributed by atoms with van der Waals surface area (Å²) < 4.78 is 36.6. The van der Waals surface area contributed by atoms with Gasteiger partial charge in [-0.25, -0.2) is 8.78 Å². The SMILES string of the molecule is FC(F)C[C@@H](c1cc2c(cc1Cl)OCO2)N1CCNCC1. The maximum atomic E-state index is 13.0. The molecule has 1 aromatic carbocycles. The lowest BCUT2D eigenvalue weighted by atomic mass is 10.0. The standard InChI is InChI=1S/C14H17ClF2N2O2/c15-10-6-13-12(20-8-21-13)5-9(10)11(7-14(16)17)19-3-1-18-2-4-19/h5-6,11,14,18H,1-4,7-8H2/t11-/m0/s1. The predicted molar refractivity (Wildman–Crippen MR) is 75.4 cm³/mol. The van der Waals surface area contributed by atoms with Gasteiger partial charge in [0.15, 0.2) is 11.5 Å². The molecule has 0 aliphatic carbocycles. The van der Waals surface area contributed by atoms with Gasteiger partial charge >= 0.3 is 0 Å². The number of nitrogens with zero attached hydrogens (tertiary/aromatic N) is 1. The van der Waals surface area contributed by atoms with Crippen molar-refractivity contribution in [3.8, 4) is 11.5 Å². The molecule has 1 fully saturated rings. The Hall–Kier alpha value is -1.11. The Bertz CT molecular complexity index is 510. The van der Waals surface area contributed by atoms with Crippen LogP contribution in [-0.4, -0.2) is 44.3 Å². The van der Waals surface area contributed by atoms with Crippen LogP contribution in [0.25, 0.3) is 0 Å². The monoisotopic (exact) mass is 318 g/mol. The minimum atomic E-state index is -2.38. The van der Waals surface area contributed by atoms with E-state index in [0.717, 1.165) is 26.2 Å². The first-order valence-electron chi connectivity index (χ1n) is 6.97. The number of halogens is 3. The summed E-state index contributed by atoms with van der Waals surface area (Å²) in [5, 5.41) is 3.67. The molecule has 7 heteroatoms. The molecule has 0 saturated carbocycles. The molecule has 2 heterocycles. The number of ether oxygens (including phenoxy) is 2. The van der Waals surface area contributed by atoms with Gasteiger partial charge in [-0.05, 0) is 11.6 Å². The van der Waals surface area contributed by atoms with Gasteiger partial charge in [-0.2, -0.15) is 0 Å². The van der Waals surface area contributed by atoms with Crippen LogP contribution in [0.4, 0.5) is 8.78 Å². The van der Waals surface area contributed by atoms with Gasteiger partial charge in [-0.15, -0.1) is 0 Å². The van der Waals surface area contributed by atoms with Crippen molar-refractivity contribution in [3.05, 3.63) is 22.7 Å². The molecule has 0 amide bonds. The van der Waals surface area contributed by atoms with Crippen molar-refractivity contribution >= 4 is 11.6 Å². The van der Waals surface area contributed by atoms with E-state index in [-0.39, 0.29) is 13.2 Å². The van der Waals surface area contributed by atoms with Gasteiger partial charge in [-0.3, -0.25) is 4.90 Å². The third-order valence-electron chi connectivity index (χ3n) is 3.84. The summed E-state index contributed by atoms with van der Waals surface area (Å²) in [7, 11) is 0. The molecule has 0 radical (unpaired) electrons. The van der Waals surface area contributed by atoms with Crippen LogP contribution in [-0.2, 0) is 0 Å². The zero-order valence-corrected chi connectivity index (χ0v) is 12.2. The Balaban J connectivity index is 1.91. The molecule has 0 aromatic heterocycles. The van der Waals surface area contributed by atoms with Gasteiger partial charge in [0.2, 0.25) is 13.2 Å². The van der Waals surface area contributed by atoms with Crippen LogP contribution in [0.15, 0.2) is 12.1 Å². The molecular weight excluding hydrogens is 302 g/mol. The van der Waals surface area contributed by atoms with E-state index in [1.807, 2.05) is 4.90 Å². The van der Waals surface area contributed by atoms with E-state index in [1.165, 1.54) is 0 Å². The highest BCUT2D eigenvalue weighted by Crippen LogP contribution is 2.41. The smallest absolute Gasteiger partial charge is 0.240 e. The van der Waals surface area contributed by atoms with E-state index in [2.05, 4.69) is 5.32 Å². The summed E-state index contributed by atoms with van der Waals surface area (Å²) >= 11 is 6.28. The van der Waals surface area contributed by atoms with E-state index >= 15 is 0 Å². The maximum Gasteiger partial charge on any atom is 0.240 e. The lowest BCUT2D eigenvalue weighted by Crippen LogP contribution is -2.45. The number of hydrogen-bond acceptors (Lipinski definition) is 4. The predicted octanol–water partition coefficient (Wildman–Crippen LogP) is 2.67. The second kappa shape index (κ2) is 6.34. The number of alkyl halides is 2. The summed E-state index contributed by atoms with van der Waals surface area (Å²) in [6.07, 6.45) is -2.62. The molecule has 1 atom stereocenters. The maximum absolute atomic E-state index is 13.0. The quantitative estimate of drug-likeness (QED) is 0.925. The highest BCUT2D eigenvalue weighted by Gasteiger charge is 2.29. The summed E-state index contributed by atoms with van der Waals surface area (Å²) in [6, 6.07) is 2.98. The minimum absolute atomic E-state index is 0.141. The van der Waals surface area contributed by atoms with Crippen molar-refractivity contribution in [3.63, 3.8) is 0 Å². The molecule has 1 N–H and O–H groups in total. The van der Waals surface area contributed by atoms with Gasteiger partial charge in [0.25, 0.3) is 0 Å². The second-order valence-electron chi connectivity index (χ2n) is 5.16. The van der Waals surface area contributed by atoms with E-state index in [1.54, 1.807) is 12.1 Å². The first kappa shape index (κ1) is 14.8. The molecule has 116 valence electrons. The number of piperazine rings is 1. The van der Waals surface area contributed by atoms with Crippen molar-refractivity contribution in [2.45, 2.75) is 18.9 Å². The van der Waals surface area contributed by atoms with Gasteiger partial charge < -0.3 is 14.8 Å². The van der Waals surface area contributed by atoms with Crippen LogP contribution in [0.1, 0.15) is 18.0 Å². The fourth-order valence-electron chi connectivity index (χ4n) is 2.82. The fraction of sp³-hybridized carbons (Fsp3) is 0.571. The third kappa shape index (κ3) is 3.22. The lowest BCUT2D eigenvalue weighted by molar-refractivity contribution is 0.0738. The highest BCUT2D eigenvalue weighted by molar-refractivity contribution is 6.31. The molecule has 4 nitrogen and oxygen atoms in total. The Morgan fingerprint density at radius 1 is 1.19 bits per heavy atom. The summed E-state index contributed by atoms with van der Waals surface area (Å²) in [5.41, 5.74) is 0.683. The zero-order chi connectivity index (χ0) is 14.8. The summed E-state index contributed by atoms with van der Waals surface area (Å²) in [5.74, 6) is 1.14. The molecule has 1 aromatic rings. The highest BCUT2D eigenvalue weighted by atomic mass is 35.5. The number of fused-ring (bicyclic) bond motifs is 1. The van der Waals surface area contributed by atoms with Gasteiger partial charge in [0, 0.05) is 49.7 Å². The van der Waals surface area contributed by atoms with Gasteiger partial charge in [-0.1, -0.05) is 11.6 Å². The van der Waals surface area contributed by atoms with Crippen LogP contribution in [0.5, 0.6) is 11.5 Å². The van der Waals surface area contributed by atoms with Crippen LogP contribution in [0.2, 0.25) is 5.02 Å². The molecule has 2 aliphatic heterocycles. The molecule has 21 heavy (non-hydrogen) atoms. The Morgan fingerprint density at radius 3 is 2.52 bits per heavy atom. The first-order chi connectivity index (χ1) is 10.1. The average molecular weight is 319 g/mol. The Kier molecular flexibility index (Phi) is 4.47. The number of benzene rings is 1. The summed E-state index contributed by atoms with van der Waals surface area (Å²) in [6.45, 7) is 3.18. The van der Waals surface area contributed by atoms with Crippen LogP contribution in [0.3, 0.4) is 0 Å². The van der Waals surface area contributed by atoms with Crippen molar-refractivity contribution in [2.75, 3.05) is 33.0 Å². The first-order valence-corrected chi connectivity index (χ1v) is 7.35. The fourth-order valence-corrected chi connectivity index (χ4v) is 3.10. The number of rotatable bonds is 4. The van der Waals surface area contributed by atoms with Crippen molar-refractivity contribution < 1.29 is 18.3 Å². The van der Waals surface area contributed by atoms with Crippen LogP contribution >= 0.6 is 11.6 Å². The van der Waals surface area contributed by atoms with Crippen molar-refractivity contribution in [1.82, 2.24) is 10.2 Å². The zero-order valence-electron chi connectivity index (χ0n) is 11.4.